The van der Waals surface area contributed by atoms with E-state index in [0.717, 1.165) is 36.2 Å². The number of benzene rings is 2. The van der Waals surface area contributed by atoms with Crippen molar-refractivity contribution in [2.75, 3.05) is 18.0 Å². The van der Waals surface area contributed by atoms with Gasteiger partial charge in [0.15, 0.2) is 5.82 Å². The van der Waals surface area contributed by atoms with Gasteiger partial charge in [-0.2, -0.15) is 0 Å². The second-order valence-electron chi connectivity index (χ2n) is 10.2. The summed E-state index contributed by atoms with van der Waals surface area (Å²) in [5.41, 5.74) is 9.88. The molecule has 3 aromatic heterocycles. The maximum Gasteiger partial charge on any atom is 0.296 e. The zero-order valence-electron chi connectivity index (χ0n) is 23.3. The first-order valence-electron chi connectivity index (χ1n) is 13.7. The summed E-state index contributed by atoms with van der Waals surface area (Å²) in [6.07, 6.45) is 3.18. The number of rotatable bonds is 6. The van der Waals surface area contributed by atoms with Gasteiger partial charge in [0.2, 0.25) is 0 Å². The number of aryl methyl sites for hydroxylation is 1. The fourth-order valence-electron chi connectivity index (χ4n) is 5.41. The highest BCUT2D eigenvalue weighted by molar-refractivity contribution is 6.13. The molecule has 2 aromatic carbocycles. The monoisotopic (exact) mass is 559 g/mol. The number of piperidine rings is 1. The van der Waals surface area contributed by atoms with E-state index >= 15 is 0 Å². The zero-order valence-corrected chi connectivity index (χ0v) is 23.3. The minimum atomic E-state index is -0.608. The van der Waals surface area contributed by atoms with E-state index in [4.69, 9.17) is 20.4 Å². The van der Waals surface area contributed by atoms with Gasteiger partial charge >= 0.3 is 0 Å². The molecule has 0 radical (unpaired) electrons. The number of pyridine rings is 2. The molecule has 42 heavy (non-hydrogen) atoms. The topological polar surface area (TPSA) is 139 Å². The first kappa shape index (κ1) is 26.8. The number of para-hydroxylation sites is 1. The second kappa shape index (κ2) is 11.2. The fourth-order valence-corrected chi connectivity index (χ4v) is 5.41. The van der Waals surface area contributed by atoms with E-state index in [2.05, 4.69) is 32.0 Å². The molecule has 5 aromatic rings. The molecule has 1 fully saturated rings. The third-order valence-corrected chi connectivity index (χ3v) is 7.22. The van der Waals surface area contributed by atoms with Gasteiger partial charge in [0.1, 0.15) is 39.4 Å². The van der Waals surface area contributed by atoms with Crippen molar-refractivity contribution in [2.24, 2.45) is 5.73 Å². The molecule has 1 saturated heterocycles. The van der Waals surface area contributed by atoms with Gasteiger partial charge in [0, 0.05) is 30.9 Å². The number of aromatic amines is 1. The van der Waals surface area contributed by atoms with Gasteiger partial charge in [0.25, 0.3) is 11.8 Å². The van der Waals surface area contributed by atoms with Crippen molar-refractivity contribution in [1.29, 1.82) is 0 Å². The number of nitrogens with one attached hydrogen (secondary N) is 2. The summed E-state index contributed by atoms with van der Waals surface area (Å²) < 4.78 is 5.97. The van der Waals surface area contributed by atoms with Crippen LogP contribution >= 0.6 is 0 Å². The van der Waals surface area contributed by atoms with Gasteiger partial charge in [-0.3, -0.25) is 14.6 Å². The number of ether oxygens (including phenoxy) is 1. The molecule has 210 valence electrons. The van der Waals surface area contributed by atoms with Gasteiger partial charge in [-0.15, -0.1) is 0 Å². The SMILES string of the molecule is CC#CC(=O)N[C@H]1CCCN(c2nc3c(-c4ccc(Oc5ccccc5)cc4)c(C(N)=O)cnc3c3nc(C)[nH]c23)C1. The van der Waals surface area contributed by atoms with Gasteiger partial charge in [-0.25, -0.2) is 9.97 Å². The standard InChI is InChI=1S/C32H29N7O3/c1-3-8-25(40)37-21-9-7-16-39(18-21)32-30-29(35-19(2)36-30)28-27(38-32)26(24(17-34-28)31(33)41)20-12-14-23(15-13-20)42-22-10-5-4-6-11-22/h4-6,10-15,17,21H,7,9,16,18H2,1-2H3,(H2,33,41)(H,35,36)(H,37,40)/t21-/m0/s1. The highest BCUT2D eigenvalue weighted by Gasteiger charge is 2.27. The number of imidazole rings is 1. The molecular formula is C32H29N7O3. The van der Waals surface area contributed by atoms with Crippen LogP contribution in [-0.2, 0) is 4.79 Å². The van der Waals surface area contributed by atoms with Gasteiger partial charge < -0.3 is 25.7 Å². The lowest BCUT2D eigenvalue weighted by Crippen LogP contribution is -2.47. The molecule has 10 heteroatoms. The Balaban J connectivity index is 1.47. The number of fused-ring (bicyclic) bond motifs is 3. The van der Waals surface area contributed by atoms with Gasteiger partial charge in [-0.1, -0.05) is 36.3 Å². The van der Waals surface area contributed by atoms with E-state index < -0.39 is 5.91 Å². The van der Waals surface area contributed by atoms with E-state index in [1.165, 1.54) is 6.20 Å². The van der Waals surface area contributed by atoms with Crippen LogP contribution in [0.5, 0.6) is 11.5 Å². The second-order valence-corrected chi connectivity index (χ2v) is 10.2. The van der Waals surface area contributed by atoms with Crippen molar-refractivity contribution in [1.82, 2.24) is 25.3 Å². The van der Waals surface area contributed by atoms with Crippen molar-refractivity contribution in [2.45, 2.75) is 32.7 Å². The van der Waals surface area contributed by atoms with Crippen LogP contribution in [0.25, 0.3) is 33.2 Å². The number of nitrogens with two attached hydrogens (primary N) is 1. The molecule has 4 N–H and O–H groups in total. The number of nitrogens with zero attached hydrogens (tertiary/aromatic N) is 4. The Kier molecular flexibility index (Phi) is 7.15. The Morgan fingerprint density at radius 2 is 1.81 bits per heavy atom. The van der Waals surface area contributed by atoms with Crippen LogP contribution < -0.4 is 20.7 Å². The molecular weight excluding hydrogens is 530 g/mol. The number of carbonyl (C=O) groups excluding carboxylic acids is 2. The number of carbonyl (C=O) groups is 2. The number of anilines is 1. The average molecular weight is 560 g/mol. The van der Waals surface area contributed by atoms with E-state index in [0.29, 0.717) is 46.1 Å². The summed E-state index contributed by atoms with van der Waals surface area (Å²) in [4.78, 5) is 44.8. The Hall–Kier alpha value is -5.43. The largest absolute Gasteiger partial charge is 0.457 e. The third-order valence-electron chi connectivity index (χ3n) is 7.22. The average Bonchev–Trinajstić information content (AvgIpc) is 3.39. The highest BCUT2D eigenvalue weighted by atomic mass is 16.5. The smallest absolute Gasteiger partial charge is 0.296 e. The predicted molar refractivity (Wildman–Crippen MR) is 161 cm³/mol. The summed E-state index contributed by atoms with van der Waals surface area (Å²) in [5.74, 6) is 7.05. The van der Waals surface area contributed by atoms with Gasteiger partial charge in [-0.05, 0) is 62.4 Å². The fraction of sp³-hybridized carbons (Fsp3) is 0.219. The molecule has 4 heterocycles. The highest BCUT2D eigenvalue weighted by Crippen LogP contribution is 2.37. The quantitative estimate of drug-likeness (QED) is 0.261. The Morgan fingerprint density at radius 3 is 2.55 bits per heavy atom. The summed E-state index contributed by atoms with van der Waals surface area (Å²) in [5, 5.41) is 3.00. The van der Waals surface area contributed by atoms with Crippen LogP contribution in [0.1, 0.15) is 35.9 Å². The number of primary amides is 1. The van der Waals surface area contributed by atoms with Crippen LogP contribution in [0, 0.1) is 18.8 Å². The minimum Gasteiger partial charge on any atom is -0.457 e. The van der Waals surface area contributed by atoms with Crippen molar-refractivity contribution < 1.29 is 14.3 Å². The third kappa shape index (κ3) is 5.20. The number of aromatic nitrogens is 4. The Morgan fingerprint density at radius 1 is 1.05 bits per heavy atom. The van der Waals surface area contributed by atoms with Crippen molar-refractivity contribution in [3.8, 4) is 34.5 Å². The molecule has 1 atom stereocenters. The Labute approximate surface area is 242 Å². The number of amides is 2. The summed E-state index contributed by atoms with van der Waals surface area (Å²) in [6.45, 7) is 4.80. The first-order valence-corrected chi connectivity index (χ1v) is 13.7. The van der Waals surface area contributed by atoms with Crippen LogP contribution in [-0.4, -0.2) is 50.9 Å². The lowest BCUT2D eigenvalue weighted by molar-refractivity contribution is -0.116. The number of hydrogen-bond acceptors (Lipinski definition) is 7. The summed E-state index contributed by atoms with van der Waals surface area (Å²) >= 11 is 0. The molecule has 2 amide bonds. The number of H-pyrrole nitrogens is 1. The first-order chi connectivity index (χ1) is 20.4. The zero-order chi connectivity index (χ0) is 29.2. The van der Waals surface area contributed by atoms with Crippen LogP contribution in [0.4, 0.5) is 5.82 Å². The van der Waals surface area contributed by atoms with E-state index in [1.54, 1.807) is 6.92 Å². The van der Waals surface area contributed by atoms with Crippen LogP contribution in [0.3, 0.4) is 0 Å². The maximum absolute atomic E-state index is 12.6. The molecule has 0 saturated carbocycles. The number of hydrogen-bond donors (Lipinski definition) is 3. The van der Waals surface area contributed by atoms with Gasteiger partial charge in [0.05, 0.1) is 5.56 Å². The van der Waals surface area contributed by atoms with E-state index in [9.17, 15) is 9.59 Å². The normalized spacial score (nSPS) is 14.8. The van der Waals surface area contributed by atoms with Crippen LogP contribution in [0.15, 0.2) is 60.8 Å². The molecule has 6 rings (SSSR count). The lowest BCUT2D eigenvalue weighted by atomic mass is 9.98. The molecule has 0 bridgehead atoms. The Bertz CT molecular complexity index is 1870. The van der Waals surface area contributed by atoms with Crippen LogP contribution in [0.2, 0.25) is 0 Å². The molecule has 10 nitrogen and oxygen atoms in total. The maximum atomic E-state index is 12.6. The molecule has 0 unspecified atom stereocenters. The molecule has 0 aliphatic carbocycles. The minimum absolute atomic E-state index is 0.0876. The van der Waals surface area contributed by atoms with E-state index in [-0.39, 0.29) is 17.5 Å². The summed E-state index contributed by atoms with van der Waals surface area (Å²) in [7, 11) is 0. The van der Waals surface area contributed by atoms with Crippen molar-refractivity contribution in [3.63, 3.8) is 0 Å². The molecule has 1 aliphatic heterocycles. The molecule has 0 spiro atoms. The summed E-state index contributed by atoms with van der Waals surface area (Å²) in [6, 6.07) is 16.9. The van der Waals surface area contributed by atoms with Crippen molar-refractivity contribution in [3.05, 3.63) is 72.2 Å². The van der Waals surface area contributed by atoms with Crippen molar-refractivity contribution >= 4 is 39.7 Å². The lowest BCUT2D eigenvalue weighted by Gasteiger charge is -2.34. The van der Waals surface area contributed by atoms with E-state index in [1.807, 2.05) is 61.5 Å². The predicted octanol–water partition coefficient (Wildman–Crippen LogP) is 4.48. The molecule has 1 aliphatic rings.